The molecule has 1 fully saturated rings. The fraction of sp³-hybridized carbons (Fsp3) is 0.909. The molecular formula is C11H22N2O2S. The van der Waals surface area contributed by atoms with Gasteiger partial charge in [-0.1, -0.05) is 0 Å². The average Bonchev–Trinajstić information content (AvgIpc) is 3.04. The predicted octanol–water partition coefficient (Wildman–Crippen LogP) is 0.259. The zero-order chi connectivity index (χ0) is 12.0. The highest BCUT2D eigenvalue weighted by Crippen LogP contribution is 2.27. The zero-order valence-electron chi connectivity index (χ0n) is 10.1. The maximum atomic E-state index is 11.4. The Labute approximate surface area is 100 Å². The molecule has 1 saturated carbocycles. The van der Waals surface area contributed by atoms with Crippen molar-refractivity contribution in [3.05, 3.63) is 0 Å². The fourth-order valence-corrected chi connectivity index (χ4v) is 2.04. The Morgan fingerprint density at radius 3 is 2.75 bits per heavy atom. The highest BCUT2D eigenvalue weighted by Gasteiger charge is 2.21. The lowest BCUT2D eigenvalue weighted by molar-refractivity contribution is -0.120. The van der Waals surface area contributed by atoms with E-state index >= 15 is 0 Å². The van der Waals surface area contributed by atoms with Gasteiger partial charge in [-0.15, -0.1) is 0 Å². The van der Waals surface area contributed by atoms with E-state index < -0.39 is 10.8 Å². The first-order valence-corrected chi connectivity index (χ1v) is 7.60. The summed E-state index contributed by atoms with van der Waals surface area (Å²) in [6.07, 6.45) is 5.06. The number of hydrogen-bond acceptors (Lipinski definition) is 3. The second-order valence-electron chi connectivity index (χ2n) is 4.60. The van der Waals surface area contributed by atoms with Crippen molar-refractivity contribution in [2.75, 3.05) is 25.1 Å². The maximum Gasteiger partial charge on any atom is 0.233 e. The van der Waals surface area contributed by atoms with Gasteiger partial charge in [0.15, 0.2) is 0 Å². The molecule has 0 aromatic heterocycles. The molecule has 16 heavy (non-hydrogen) atoms. The van der Waals surface area contributed by atoms with Crippen LogP contribution in [-0.4, -0.2) is 41.3 Å². The minimum absolute atomic E-state index is 0.0661. The van der Waals surface area contributed by atoms with Crippen molar-refractivity contribution in [2.24, 2.45) is 5.92 Å². The summed E-state index contributed by atoms with van der Waals surface area (Å²) in [5, 5.41) is 6.04. The minimum Gasteiger partial charge on any atom is -0.355 e. The number of hydrogen-bond donors (Lipinski definition) is 2. The third-order valence-electron chi connectivity index (χ3n) is 2.73. The molecule has 4 nitrogen and oxygen atoms in total. The zero-order valence-corrected chi connectivity index (χ0v) is 10.9. The summed E-state index contributed by atoms with van der Waals surface area (Å²) in [5.74, 6) is 1.48. The molecule has 1 aliphatic rings. The second-order valence-corrected chi connectivity index (χ2v) is 6.15. The van der Waals surface area contributed by atoms with Gasteiger partial charge >= 0.3 is 0 Å². The summed E-state index contributed by atoms with van der Waals surface area (Å²) in [6.45, 7) is 3.21. The van der Waals surface area contributed by atoms with E-state index in [9.17, 15) is 9.00 Å². The molecular weight excluding hydrogens is 224 g/mol. The van der Waals surface area contributed by atoms with Crippen LogP contribution in [0.1, 0.15) is 26.2 Å². The smallest absolute Gasteiger partial charge is 0.233 e. The van der Waals surface area contributed by atoms with Crippen LogP contribution in [0.4, 0.5) is 0 Å². The fourth-order valence-electron chi connectivity index (χ4n) is 1.35. The van der Waals surface area contributed by atoms with Crippen LogP contribution in [0.2, 0.25) is 0 Å². The molecule has 0 spiro atoms. The van der Waals surface area contributed by atoms with Crippen molar-refractivity contribution in [1.29, 1.82) is 0 Å². The van der Waals surface area contributed by atoms with Crippen LogP contribution in [0, 0.1) is 5.92 Å². The van der Waals surface area contributed by atoms with E-state index in [1.807, 2.05) is 6.92 Å². The van der Waals surface area contributed by atoms with Gasteiger partial charge in [0.25, 0.3) is 0 Å². The van der Waals surface area contributed by atoms with Gasteiger partial charge in [0.05, 0.1) is 6.54 Å². The van der Waals surface area contributed by atoms with Crippen LogP contribution < -0.4 is 10.6 Å². The van der Waals surface area contributed by atoms with Gasteiger partial charge in [0.2, 0.25) is 5.91 Å². The molecule has 2 unspecified atom stereocenters. The molecule has 2 N–H and O–H groups in total. The largest absolute Gasteiger partial charge is 0.355 e. The van der Waals surface area contributed by atoms with Gasteiger partial charge in [0.1, 0.15) is 0 Å². The summed E-state index contributed by atoms with van der Waals surface area (Å²) in [7, 11) is -0.742. The van der Waals surface area contributed by atoms with E-state index in [1.54, 1.807) is 6.26 Å². The lowest BCUT2D eigenvalue weighted by Crippen LogP contribution is -2.39. The van der Waals surface area contributed by atoms with Crippen molar-refractivity contribution >= 4 is 16.7 Å². The van der Waals surface area contributed by atoms with Crippen LogP contribution in [0.5, 0.6) is 0 Å². The molecule has 1 aliphatic carbocycles. The summed E-state index contributed by atoms with van der Waals surface area (Å²) < 4.78 is 10.9. The van der Waals surface area contributed by atoms with Gasteiger partial charge in [-0.25, -0.2) is 0 Å². The van der Waals surface area contributed by atoms with Crippen LogP contribution in [0.25, 0.3) is 0 Å². The summed E-state index contributed by atoms with van der Waals surface area (Å²) in [6, 6.07) is 0.246. The standard InChI is InChI=1S/C11H22N2O2S/c1-9(5-6-16(2)15)12-8-11(14)13-7-10-3-4-10/h9-10,12H,3-8H2,1-2H3,(H,13,14). The Balaban J connectivity index is 1.98. The molecule has 0 heterocycles. The van der Waals surface area contributed by atoms with Gasteiger partial charge in [-0.3, -0.25) is 9.00 Å². The quantitative estimate of drug-likeness (QED) is 0.646. The molecule has 0 aromatic rings. The third-order valence-corrected chi connectivity index (χ3v) is 3.54. The van der Waals surface area contributed by atoms with Crippen molar-refractivity contribution in [1.82, 2.24) is 10.6 Å². The van der Waals surface area contributed by atoms with Crippen molar-refractivity contribution in [3.63, 3.8) is 0 Å². The SMILES string of the molecule is CC(CCS(C)=O)NCC(=O)NCC1CC1. The number of rotatable bonds is 8. The Morgan fingerprint density at radius 2 is 2.19 bits per heavy atom. The molecule has 0 aliphatic heterocycles. The highest BCUT2D eigenvalue weighted by atomic mass is 32.2. The molecule has 94 valence electrons. The molecule has 0 saturated heterocycles. The Bertz CT molecular complexity index is 254. The third kappa shape index (κ3) is 6.95. The van der Waals surface area contributed by atoms with Gasteiger partial charge in [0, 0.05) is 35.4 Å². The topological polar surface area (TPSA) is 58.2 Å². The van der Waals surface area contributed by atoms with Crippen molar-refractivity contribution in [2.45, 2.75) is 32.2 Å². The lowest BCUT2D eigenvalue weighted by atomic mass is 10.2. The Hall–Kier alpha value is -0.420. The highest BCUT2D eigenvalue weighted by molar-refractivity contribution is 7.84. The molecule has 0 aromatic carbocycles. The van der Waals surface area contributed by atoms with Gasteiger partial charge in [-0.05, 0) is 32.1 Å². The first-order chi connectivity index (χ1) is 7.58. The maximum absolute atomic E-state index is 11.4. The van der Waals surface area contributed by atoms with Crippen LogP contribution in [-0.2, 0) is 15.6 Å². The summed E-state index contributed by atoms with van der Waals surface area (Å²) in [4.78, 5) is 11.4. The Kier molecular flexibility index (Phi) is 5.98. The van der Waals surface area contributed by atoms with E-state index in [-0.39, 0.29) is 11.9 Å². The van der Waals surface area contributed by atoms with Gasteiger partial charge < -0.3 is 10.6 Å². The van der Waals surface area contributed by atoms with E-state index in [0.29, 0.717) is 12.3 Å². The lowest BCUT2D eigenvalue weighted by Gasteiger charge is -2.12. The minimum atomic E-state index is -0.742. The molecule has 1 rings (SSSR count). The molecule has 0 radical (unpaired) electrons. The first-order valence-electron chi connectivity index (χ1n) is 5.88. The number of carbonyl (C=O) groups is 1. The van der Waals surface area contributed by atoms with E-state index in [0.717, 1.165) is 18.9 Å². The monoisotopic (exact) mass is 246 g/mol. The summed E-state index contributed by atoms with van der Waals surface area (Å²) in [5.41, 5.74) is 0. The Morgan fingerprint density at radius 1 is 1.50 bits per heavy atom. The van der Waals surface area contributed by atoms with Crippen molar-refractivity contribution in [3.8, 4) is 0 Å². The number of nitrogens with one attached hydrogen (secondary N) is 2. The normalized spacial score (nSPS) is 19.1. The van der Waals surface area contributed by atoms with E-state index in [2.05, 4.69) is 10.6 Å². The van der Waals surface area contributed by atoms with E-state index in [4.69, 9.17) is 0 Å². The summed E-state index contributed by atoms with van der Waals surface area (Å²) >= 11 is 0. The van der Waals surface area contributed by atoms with Gasteiger partial charge in [-0.2, -0.15) is 0 Å². The van der Waals surface area contributed by atoms with Crippen LogP contribution in [0.3, 0.4) is 0 Å². The first kappa shape index (κ1) is 13.6. The number of carbonyl (C=O) groups excluding carboxylic acids is 1. The van der Waals surface area contributed by atoms with Crippen LogP contribution in [0.15, 0.2) is 0 Å². The second kappa shape index (κ2) is 7.01. The molecule has 0 bridgehead atoms. The molecule has 2 atom stereocenters. The molecule has 5 heteroatoms. The molecule has 1 amide bonds. The number of amides is 1. The average molecular weight is 246 g/mol. The van der Waals surface area contributed by atoms with Crippen LogP contribution >= 0.6 is 0 Å². The van der Waals surface area contributed by atoms with E-state index in [1.165, 1.54) is 12.8 Å². The van der Waals surface area contributed by atoms with Crippen molar-refractivity contribution < 1.29 is 9.00 Å². The predicted molar refractivity (Wildman–Crippen MR) is 66.7 cm³/mol.